The Labute approximate surface area is 189 Å². The van der Waals surface area contributed by atoms with Crippen molar-refractivity contribution < 1.29 is 4.24 Å². The Morgan fingerprint density at radius 2 is 1.58 bits per heavy atom. The molecule has 0 fully saturated rings. The van der Waals surface area contributed by atoms with E-state index in [1.165, 1.54) is 37.7 Å². The lowest BCUT2D eigenvalue weighted by molar-refractivity contribution is -0.509. The highest BCUT2D eigenvalue weighted by atomic mass is 28.3. The average molecular weight is 431 g/mol. The molecule has 0 spiro atoms. The Balaban J connectivity index is 2.34. The lowest BCUT2D eigenvalue weighted by Gasteiger charge is -2.28. The third-order valence-corrected chi connectivity index (χ3v) is 7.76. The van der Waals surface area contributed by atoms with E-state index in [9.17, 15) is 0 Å². The van der Waals surface area contributed by atoms with E-state index in [1.807, 2.05) is 0 Å². The maximum Gasteiger partial charge on any atom is 0.217 e. The summed E-state index contributed by atoms with van der Waals surface area (Å²) in [4.78, 5) is 0. The van der Waals surface area contributed by atoms with Crippen LogP contribution in [0.3, 0.4) is 0 Å². The van der Waals surface area contributed by atoms with Gasteiger partial charge in [-0.2, -0.15) is 15.6 Å². The molecule has 2 nitrogen and oxygen atoms in total. The third kappa shape index (κ3) is 5.45. The van der Waals surface area contributed by atoms with Crippen molar-refractivity contribution in [2.45, 2.75) is 67.6 Å². The highest BCUT2D eigenvalue weighted by molar-refractivity contribution is 6.88. The first-order valence-corrected chi connectivity index (χ1v) is 14.7. The molecule has 0 bridgehead atoms. The van der Waals surface area contributed by atoms with Gasteiger partial charge in [0.1, 0.15) is 6.72 Å². The van der Waals surface area contributed by atoms with Gasteiger partial charge < -0.3 is 5.32 Å². The molecule has 0 N–H and O–H groups in total. The highest BCUT2D eigenvalue weighted by Crippen LogP contribution is 2.24. The molecular weight excluding hydrogens is 392 g/mol. The van der Waals surface area contributed by atoms with Crippen molar-refractivity contribution in [2.24, 2.45) is 5.41 Å². The molecule has 3 rings (SSSR count). The quantitative estimate of drug-likeness (QED) is 0.431. The van der Waals surface area contributed by atoms with Gasteiger partial charge in [-0.3, -0.25) is 0 Å². The Morgan fingerprint density at radius 3 is 2.10 bits per heavy atom. The molecule has 0 unspecified atom stereocenters. The summed E-state index contributed by atoms with van der Waals surface area (Å²) in [6.45, 7) is 24.9. The minimum atomic E-state index is -1.48. The van der Waals surface area contributed by atoms with Gasteiger partial charge in [0, 0.05) is 16.5 Å². The molecule has 3 heteroatoms. The van der Waals surface area contributed by atoms with Crippen LogP contribution in [-0.4, -0.2) is 8.07 Å². The van der Waals surface area contributed by atoms with Crippen LogP contribution in [0, 0.1) is 29.6 Å². The zero-order valence-corrected chi connectivity index (χ0v) is 21.9. The van der Waals surface area contributed by atoms with Crippen LogP contribution >= 0.6 is 0 Å². The molecule has 0 amide bonds. The molecule has 0 radical (unpaired) electrons. The van der Waals surface area contributed by atoms with Crippen LogP contribution in [0.25, 0.3) is 10.9 Å². The van der Waals surface area contributed by atoms with Crippen LogP contribution in [0.1, 0.15) is 45.7 Å². The summed E-state index contributed by atoms with van der Waals surface area (Å²) in [6.07, 6.45) is 7.69. The first-order valence-electron chi connectivity index (χ1n) is 11.2. The van der Waals surface area contributed by atoms with E-state index in [4.69, 9.17) is 0 Å². The third-order valence-electron chi connectivity index (χ3n) is 5.70. The van der Waals surface area contributed by atoms with Crippen LogP contribution in [0.4, 0.5) is 0 Å². The SMILES string of the molecule is C=[n+]1cc([Si](C)(C)C)c(CC(C)(C)C)cc1=c1ccc(=C2C=C(C)[N-]C(C)=C2)cc1C. The summed E-state index contributed by atoms with van der Waals surface area (Å²) >= 11 is 0. The zero-order chi connectivity index (χ0) is 23.1. The van der Waals surface area contributed by atoms with Gasteiger partial charge in [-0.25, -0.2) is 0 Å². The van der Waals surface area contributed by atoms with E-state index in [0.717, 1.165) is 17.8 Å². The van der Waals surface area contributed by atoms with Crippen LogP contribution in [0.2, 0.25) is 19.6 Å². The zero-order valence-electron chi connectivity index (χ0n) is 20.9. The Morgan fingerprint density at radius 1 is 0.968 bits per heavy atom. The molecule has 31 heavy (non-hydrogen) atoms. The van der Waals surface area contributed by atoms with Gasteiger partial charge in [0.15, 0.2) is 6.20 Å². The second-order valence-electron chi connectivity index (χ2n) is 11.2. The summed E-state index contributed by atoms with van der Waals surface area (Å²) in [7, 11) is -1.48. The van der Waals surface area contributed by atoms with E-state index in [-0.39, 0.29) is 5.41 Å². The summed E-state index contributed by atoms with van der Waals surface area (Å²) in [5.74, 6) is 0. The summed E-state index contributed by atoms with van der Waals surface area (Å²) < 4.78 is 2.09. The summed E-state index contributed by atoms with van der Waals surface area (Å²) in [5, 5.41) is 9.70. The molecule has 0 saturated heterocycles. The predicted octanol–water partition coefficient (Wildman–Crippen LogP) is 5.69. The molecular formula is C28H38N2Si. The van der Waals surface area contributed by atoms with Gasteiger partial charge in [-0.05, 0) is 46.7 Å². The minimum absolute atomic E-state index is 0.245. The standard InChI is InChI=1S/C28H38N2Si/c1-19-13-22(23-14-20(2)29-21(3)15-23)11-12-25(19)26-16-24(17-28(4,5)6)27(18-30(26)7)31(8,9)10/h11-16,18H,7,17H2,1-6,8-10H3. The molecule has 1 aliphatic rings. The van der Waals surface area contributed by atoms with E-state index >= 15 is 0 Å². The number of pyridine rings is 1. The monoisotopic (exact) mass is 430 g/mol. The fraction of sp³-hybridized carbons (Fsp3) is 0.393. The van der Waals surface area contributed by atoms with Crippen molar-refractivity contribution in [3.8, 4) is 0 Å². The molecule has 2 aromatic rings. The predicted molar refractivity (Wildman–Crippen MR) is 136 cm³/mol. The lowest BCUT2D eigenvalue weighted by Crippen LogP contribution is -2.44. The number of nitrogens with zero attached hydrogens (tertiary/aromatic N) is 2. The van der Waals surface area contributed by atoms with Crippen molar-refractivity contribution in [3.05, 3.63) is 93.0 Å². The van der Waals surface area contributed by atoms with Crippen LogP contribution in [0.15, 0.2) is 54.0 Å². The first-order chi connectivity index (χ1) is 14.2. The van der Waals surface area contributed by atoms with E-state index in [1.54, 1.807) is 0 Å². The van der Waals surface area contributed by atoms with Crippen molar-refractivity contribution in [2.75, 3.05) is 0 Å². The second-order valence-corrected chi connectivity index (χ2v) is 16.3. The van der Waals surface area contributed by atoms with Gasteiger partial charge >= 0.3 is 0 Å². The van der Waals surface area contributed by atoms with Gasteiger partial charge in [0.05, 0.1) is 8.07 Å². The van der Waals surface area contributed by atoms with Gasteiger partial charge in [0.25, 0.3) is 0 Å². The molecule has 0 saturated carbocycles. The fourth-order valence-corrected chi connectivity index (χ4v) is 6.06. The van der Waals surface area contributed by atoms with Gasteiger partial charge in [-0.1, -0.05) is 78.5 Å². The Hall–Kier alpha value is -2.39. The average Bonchev–Trinajstić information content (AvgIpc) is 2.60. The number of hydrogen-bond acceptors (Lipinski definition) is 0. The van der Waals surface area contributed by atoms with Crippen LogP contribution in [-0.2, 0) is 6.42 Å². The molecule has 1 aromatic heterocycles. The van der Waals surface area contributed by atoms with Gasteiger partial charge in [0.2, 0.25) is 5.35 Å². The van der Waals surface area contributed by atoms with Crippen LogP contribution < -0.4 is 14.6 Å². The molecule has 0 atom stereocenters. The van der Waals surface area contributed by atoms with Crippen molar-refractivity contribution in [1.82, 2.24) is 0 Å². The molecule has 0 aliphatic carbocycles. The lowest BCUT2D eigenvalue weighted by atomic mass is 9.88. The van der Waals surface area contributed by atoms with E-state index < -0.39 is 8.07 Å². The number of rotatable bonds is 2. The topological polar surface area (TPSA) is 20.0 Å². The van der Waals surface area contributed by atoms with Crippen LogP contribution in [0.5, 0.6) is 0 Å². The molecule has 1 aromatic carbocycles. The molecule has 1 aliphatic heterocycles. The number of aryl methyl sites for hydroxylation is 1. The van der Waals surface area contributed by atoms with Crippen molar-refractivity contribution >= 4 is 18.8 Å². The highest BCUT2D eigenvalue weighted by Gasteiger charge is 2.26. The normalized spacial score (nSPS) is 16.0. The first kappa shape index (κ1) is 23.3. The molecule has 2 heterocycles. The maximum atomic E-state index is 4.52. The van der Waals surface area contributed by atoms with E-state index in [0.29, 0.717) is 0 Å². The maximum absolute atomic E-state index is 4.52. The van der Waals surface area contributed by atoms with E-state index in [2.05, 4.69) is 120 Å². The smallest absolute Gasteiger partial charge is 0.217 e. The molecule has 164 valence electrons. The number of benzene rings is 1. The summed E-state index contributed by atoms with van der Waals surface area (Å²) in [6, 6.07) is 9.17. The van der Waals surface area contributed by atoms with Crippen molar-refractivity contribution in [1.29, 1.82) is 0 Å². The second kappa shape index (κ2) is 8.27. The van der Waals surface area contributed by atoms with Crippen molar-refractivity contribution in [3.63, 3.8) is 0 Å². The minimum Gasteiger partial charge on any atom is -0.665 e. The summed E-state index contributed by atoms with van der Waals surface area (Å²) in [5.41, 5.74) is 6.33. The fourth-order valence-electron chi connectivity index (χ4n) is 4.39. The number of aromatic nitrogens is 1. The van der Waals surface area contributed by atoms with Gasteiger partial charge in [-0.15, -0.1) is 0 Å². The largest absolute Gasteiger partial charge is 0.665 e. The Bertz CT molecular complexity index is 1260. The Kier molecular flexibility index (Phi) is 6.21. The number of allylic oxidation sites excluding steroid dienone is 4. The number of hydrogen-bond donors (Lipinski definition) is 0.